The zero-order chi connectivity index (χ0) is 16.6. The Balaban J connectivity index is 2.18. The average molecular weight is 316 g/mol. The number of rotatable bonds is 3. The third-order valence-electron chi connectivity index (χ3n) is 4.03. The minimum Gasteiger partial charge on any atom is -0.508 e. The second-order valence-electron chi connectivity index (χ2n) is 5.39. The number of imidazole rings is 1. The van der Waals surface area contributed by atoms with Crippen LogP contribution in [-0.4, -0.2) is 38.8 Å². The molecule has 0 aliphatic carbocycles. The molecule has 7 nitrogen and oxygen atoms in total. The zero-order valence-electron chi connectivity index (χ0n) is 12.5. The van der Waals surface area contributed by atoms with E-state index in [0.29, 0.717) is 30.0 Å². The Labute approximate surface area is 132 Å². The molecule has 1 atom stereocenters. The average Bonchev–Trinajstić information content (AvgIpc) is 2.95. The van der Waals surface area contributed by atoms with Gasteiger partial charge in [-0.3, -0.25) is 4.79 Å². The SMILES string of the molecule is COC(=O)C1CCCn2c(-c3ccc(O)cc3)nc(C(=O)O)c21. The summed E-state index contributed by atoms with van der Waals surface area (Å²) in [5, 5.41) is 18.8. The van der Waals surface area contributed by atoms with Gasteiger partial charge in [-0.15, -0.1) is 0 Å². The largest absolute Gasteiger partial charge is 0.508 e. The van der Waals surface area contributed by atoms with Gasteiger partial charge in [0.1, 0.15) is 11.6 Å². The van der Waals surface area contributed by atoms with Crippen molar-refractivity contribution < 1.29 is 24.5 Å². The standard InChI is InChI=1S/C16H16N2O5/c1-23-16(22)11-3-2-8-18-13(11)12(15(20)21)17-14(18)9-4-6-10(19)7-5-9/h4-7,11,19H,2-3,8H2,1H3,(H,20,21). The number of carbonyl (C=O) groups is 2. The van der Waals surface area contributed by atoms with E-state index in [1.54, 1.807) is 16.7 Å². The number of aromatic nitrogens is 2. The van der Waals surface area contributed by atoms with Crippen molar-refractivity contribution in [3.8, 4) is 17.1 Å². The Hall–Kier alpha value is -2.83. The van der Waals surface area contributed by atoms with Gasteiger partial charge in [0.2, 0.25) is 0 Å². The fraction of sp³-hybridized carbons (Fsp3) is 0.312. The first kappa shape index (κ1) is 15.1. The van der Waals surface area contributed by atoms with Crippen molar-refractivity contribution in [2.45, 2.75) is 25.3 Å². The number of hydrogen-bond acceptors (Lipinski definition) is 5. The molecule has 0 fully saturated rings. The maximum atomic E-state index is 12.0. The van der Waals surface area contributed by atoms with Crippen LogP contribution in [0.1, 0.15) is 34.9 Å². The summed E-state index contributed by atoms with van der Waals surface area (Å²) >= 11 is 0. The lowest BCUT2D eigenvalue weighted by atomic mass is 9.94. The number of benzene rings is 1. The smallest absolute Gasteiger partial charge is 0.356 e. The van der Waals surface area contributed by atoms with E-state index in [1.807, 2.05) is 0 Å². The lowest BCUT2D eigenvalue weighted by Gasteiger charge is -2.24. The van der Waals surface area contributed by atoms with E-state index in [-0.39, 0.29) is 11.4 Å². The number of ether oxygens (including phenoxy) is 1. The van der Waals surface area contributed by atoms with Crippen molar-refractivity contribution in [3.05, 3.63) is 35.7 Å². The van der Waals surface area contributed by atoms with Crippen molar-refractivity contribution in [2.75, 3.05) is 7.11 Å². The number of phenolic OH excluding ortho intramolecular Hbond substituents is 1. The van der Waals surface area contributed by atoms with Gasteiger partial charge < -0.3 is 19.5 Å². The normalized spacial score (nSPS) is 16.7. The predicted octanol–water partition coefficient (Wildman–Crippen LogP) is 2.00. The summed E-state index contributed by atoms with van der Waals surface area (Å²) in [7, 11) is 1.29. The molecular formula is C16H16N2O5. The summed E-state index contributed by atoms with van der Waals surface area (Å²) < 4.78 is 6.57. The van der Waals surface area contributed by atoms with E-state index in [9.17, 15) is 19.8 Å². The second-order valence-corrected chi connectivity index (χ2v) is 5.39. The third-order valence-corrected chi connectivity index (χ3v) is 4.03. The van der Waals surface area contributed by atoms with Gasteiger partial charge in [-0.2, -0.15) is 0 Å². The molecule has 0 bridgehead atoms. The van der Waals surface area contributed by atoms with Gasteiger partial charge in [0.05, 0.1) is 18.7 Å². The van der Waals surface area contributed by atoms with Gasteiger partial charge in [0.15, 0.2) is 5.69 Å². The monoisotopic (exact) mass is 316 g/mol. The predicted molar refractivity (Wildman–Crippen MR) is 80.3 cm³/mol. The minimum atomic E-state index is -1.17. The van der Waals surface area contributed by atoms with Crippen LogP contribution in [0.15, 0.2) is 24.3 Å². The van der Waals surface area contributed by atoms with Crippen molar-refractivity contribution in [2.24, 2.45) is 0 Å². The maximum Gasteiger partial charge on any atom is 0.356 e. The van der Waals surface area contributed by atoms with Gasteiger partial charge in [0.25, 0.3) is 0 Å². The van der Waals surface area contributed by atoms with Crippen molar-refractivity contribution >= 4 is 11.9 Å². The number of phenols is 1. The summed E-state index contributed by atoms with van der Waals surface area (Å²) in [5.74, 6) is -1.66. The molecule has 1 aliphatic rings. The zero-order valence-corrected chi connectivity index (χ0v) is 12.5. The minimum absolute atomic E-state index is 0.116. The highest BCUT2D eigenvalue weighted by Crippen LogP contribution is 2.35. The molecule has 2 aromatic rings. The number of methoxy groups -OCH3 is 1. The first-order chi connectivity index (χ1) is 11.0. The van der Waals surface area contributed by atoms with E-state index in [4.69, 9.17) is 4.74 Å². The van der Waals surface area contributed by atoms with E-state index >= 15 is 0 Å². The van der Waals surface area contributed by atoms with Crippen molar-refractivity contribution in [1.29, 1.82) is 0 Å². The molecule has 3 rings (SSSR count). The van der Waals surface area contributed by atoms with Crippen LogP contribution in [0, 0.1) is 0 Å². The molecule has 120 valence electrons. The van der Waals surface area contributed by atoms with Gasteiger partial charge in [-0.1, -0.05) is 0 Å². The van der Waals surface area contributed by atoms with Crippen molar-refractivity contribution in [3.63, 3.8) is 0 Å². The lowest BCUT2D eigenvalue weighted by Crippen LogP contribution is -2.25. The van der Waals surface area contributed by atoms with E-state index in [1.165, 1.54) is 19.2 Å². The fourth-order valence-corrected chi connectivity index (χ4v) is 3.00. The van der Waals surface area contributed by atoms with E-state index in [2.05, 4.69) is 4.98 Å². The van der Waals surface area contributed by atoms with Crippen LogP contribution in [0.25, 0.3) is 11.4 Å². The number of aromatic hydroxyl groups is 1. The topological polar surface area (TPSA) is 102 Å². The molecule has 1 aromatic carbocycles. The number of carboxylic acids is 1. The van der Waals surface area contributed by atoms with Gasteiger partial charge in [-0.05, 0) is 37.1 Å². The number of nitrogens with zero attached hydrogens (tertiary/aromatic N) is 2. The molecule has 23 heavy (non-hydrogen) atoms. The first-order valence-corrected chi connectivity index (χ1v) is 7.24. The van der Waals surface area contributed by atoms with E-state index < -0.39 is 17.9 Å². The van der Waals surface area contributed by atoms with Crippen LogP contribution in [0.5, 0.6) is 5.75 Å². The Morgan fingerprint density at radius 1 is 1.30 bits per heavy atom. The highest BCUT2D eigenvalue weighted by Gasteiger charge is 2.35. The van der Waals surface area contributed by atoms with Crippen LogP contribution in [0.4, 0.5) is 0 Å². The molecule has 1 aromatic heterocycles. The molecule has 0 saturated heterocycles. The summed E-state index contributed by atoms with van der Waals surface area (Å²) in [6.45, 7) is 0.583. The van der Waals surface area contributed by atoms with E-state index in [0.717, 1.165) is 6.42 Å². The number of carboxylic acid groups (broad SMARTS) is 1. The third kappa shape index (κ3) is 2.54. The Kier molecular flexibility index (Phi) is 3.77. The molecule has 0 spiro atoms. The van der Waals surface area contributed by atoms with Crippen LogP contribution < -0.4 is 0 Å². The van der Waals surface area contributed by atoms with Gasteiger partial charge >= 0.3 is 11.9 Å². The van der Waals surface area contributed by atoms with Crippen molar-refractivity contribution in [1.82, 2.24) is 9.55 Å². The summed E-state index contributed by atoms with van der Waals surface area (Å²) in [6.07, 6.45) is 1.26. The number of aromatic carboxylic acids is 1. The molecule has 1 aliphatic heterocycles. The fourth-order valence-electron chi connectivity index (χ4n) is 3.00. The molecule has 0 saturated carbocycles. The Bertz CT molecular complexity index is 764. The quantitative estimate of drug-likeness (QED) is 0.840. The molecule has 1 unspecified atom stereocenters. The molecule has 2 N–H and O–H groups in total. The molecular weight excluding hydrogens is 300 g/mol. The summed E-state index contributed by atoms with van der Waals surface area (Å²) in [4.78, 5) is 27.8. The Morgan fingerprint density at radius 2 is 2.00 bits per heavy atom. The molecule has 0 amide bonds. The van der Waals surface area contributed by atoms with Gasteiger partial charge in [0, 0.05) is 12.1 Å². The highest BCUT2D eigenvalue weighted by molar-refractivity contribution is 5.91. The molecule has 2 heterocycles. The highest BCUT2D eigenvalue weighted by atomic mass is 16.5. The number of fused-ring (bicyclic) bond motifs is 1. The Morgan fingerprint density at radius 3 is 2.61 bits per heavy atom. The van der Waals surface area contributed by atoms with Crippen LogP contribution in [0.3, 0.4) is 0 Å². The number of hydrogen-bond donors (Lipinski definition) is 2. The first-order valence-electron chi connectivity index (χ1n) is 7.24. The number of carbonyl (C=O) groups excluding carboxylic acids is 1. The van der Waals surface area contributed by atoms with Crippen LogP contribution >= 0.6 is 0 Å². The maximum absolute atomic E-state index is 12.0. The van der Waals surface area contributed by atoms with Gasteiger partial charge in [-0.25, -0.2) is 9.78 Å². The summed E-state index contributed by atoms with van der Waals surface area (Å²) in [5.41, 5.74) is 0.948. The van der Waals surface area contributed by atoms with Crippen LogP contribution in [-0.2, 0) is 16.1 Å². The molecule has 0 radical (unpaired) electrons. The summed E-state index contributed by atoms with van der Waals surface area (Å²) in [6, 6.07) is 6.35. The number of esters is 1. The van der Waals surface area contributed by atoms with Crippen LogP contribution in [0.2, 0.25) is 0 Å². The lowest BCUT2D eigenvalue weighted by molar-refractivity contribution is -0.143. The molecule has 7 heteroatoms. The second kappa shape index (κ2) is 5.75.